The van der Waals surface area contributed by atoms with Crippen LogP contribution in [-0.2, 0) is 0 Å². The lowest BCUT2D eigenvalue weighted by atomic mass is 9.91. The Balaban J connectivity index is 2.19. The van der Waals surface area contributed by atoms with Crippen molar-refractivity contribution in [1.82, 2.24) is 0 Å². The minimum absolute atomic E-state index is 0.652. The van der Waals surface area contributed by atoms with Crippen molar-refractivity contribution in [2.24, 2.45) is 23.2 Å². The van der Waals surface area contributed by atoms with Crippen LogP contribution in [0, 0.1) is 23.2 Å². The summed E-state index contributed by atoms with van der Waals surface area (Å²) in [7, 11) is 0. The first-order valence-electron chi connectivity index (χ1n) is 4.36. The van der Waals surface area contributed by atoms with Crippen molar-refractivity contribution in [2.75, 3.05) is 0 Å². The molecule has 0 aromatic rings. The van der Waals surface area contributed by atoms with Crippen LogP contribution in [0.15, 0.2) is 12.2 Å². The fourth-order valence-electron chi connectivity index (χ4n) is 2.51. The maximum Gasteiger partial charge on any atom is -0.00579 e. The van der Waals surface area contributed by atoms with E-state index in [1.54, 1.807) is 0 Å². The van der Waals surface area contributed by atoms with E-state index in [0.717, 1.165) is 17.8 Å². The number of rotatable bonds is 1. The Hall–Kier alpha value is -0.260. The van der Waals surface area contributed by atoms with Crippen LogP contribution in [0.3, 0.4) is 0 Å². The second kappa shape index (κ2) is 1.66. The van der Waals surface area contributed by atoms with E-state index in [9.17, 15) is 0 Å². The highest BCUT2D eigenvalue weighted by Gasteiger charge is 2.58. The topological polar surface area (TPSA) is 0 Å². The molecule has 0 N–H and O–H groups in total. The predicted molar refractivity (Wildman–Crippen MR) is 43.7 cm³/mol. The second-order valence-electron chi connectivity index (χ2n) is 4.30. The Morgan fingerprint density at radius 2 is 2.20 bits per heavy atom. The van der Waals surface area contributed by atoms with E-state index in [1.165, 1.54) is 6.42 Å². The molecule has 2 aliphatic carbocycles. The van der Waals surface area contributed by atoms with E-state index in [0.29, 0.717) is 5.41 Å². The van der Waals surface area contributed by atoms with Crippen molar-refractivity contribution in [1.29, 1.82) is 0 Å². The van der Waals surface area contributed by atoms with Crippen LogP contribution in [0.1, 0.15) is 27.2 Å². The molecule has 2 rings (SSSR count). The van der Waals surface area contributed by atoms with Crippen molar-refractivity contribution in [2.45, 2.75) is 27.2 Å². The average molecular weight is 136 g/mol. The molecule has 0 unspecified atom stereocenters. The average Bonchev–Trinajstić information content (AvgIpc) is 2.52. The van der Waals surface area contributed by atoms with E-state index < -0.39 is 0 Å². The van der Waals surface area contributed by atoms with Crippen molar-refractivity contribution in [3.63, 3.8) is 0 Å². The zero-order chi connectivity index (χ0) is 7.35. The Bertz CT molecular complexity index is 178. The molecule has 0 nitrogen and oxygen atoms in total. The molecule has 0 aromatic carbocycles. The number of allylic oxidation sites excluding steroid dienone is 2. The fourth-order valence-corrected chi connectivity index (χ4v) is 2.51. The van der Waals surface area contributed by atoms with Gasteiger partial charge in [0, 0.05) is 0 Å². The van der Waals surface area contributed by atoms with Crippen molar-refractivity contribution >= 4 is 0 Å². The molecular formula is C10H16. The van der Waals surface area contributed by atoms with Crippen LogP contribution in [-0.4, -0.2) is 0 Å². The monoisotopic (exact) mass is 136 g/mol. The Morgan fingerprint density at radius 3 is 2.40 bits per heavy atom. The molecule has 0 saturated heterocycles. The summed E-state index contributed by atoms with van der Waals surface area (Å²) in [5.41, 5.74) is 0.652. The summed E-state index contributed by atoms with van der Waals surface area (Å²) in [6, 6.07) is 0. The number of hydrogen-bond donors (Lipinski definition) is 0. The normalized spacial score (nSPS) is 50.0. The molecule has 0 heterocycles. The van der Waals surface area contributed by atoms with Gasteiger partial charge in [0.15, 0.2) is 0 Å². The Labute approximate surface area is 63.3 Å². The summed E-state index contributed by atoms with van der Waals surface area (Å²) in [6.45, 7) is 7.04. The number of fused-ring (bicyclic) bond motifs is 1. The quantitative estimate of drug-likeness (QED) is 0.486. The van der Waals surface area contributed by atoms with Gasteiger partial charge in [-0.15, -0.1) is 0 Å². The lowest BCUT2D eigenvalue weighted by molar-refractivity contribution is 0.401. The van der Waals surface area contributed by atoms with Gasteiger partial charge in [0.25, 0.3) is 0 Å². The predicted octanol–water partition coefficient (Wildman–Crippen LogP) is 2.85. The summed E-state index contributed by atoms with van der Waals surface area (Å²) < 4.78 is 0. The van der Waals surface area contributed by atoms with Crippen molar-refractivity contribution in [3.05, 3.63) is 12.2 Å². The zero-order valence-corrected chi connectivity index (χ0v) is 7.09. The molecular weight excluding hydrogens is 120 g/mol. The highest BCUT2D eigenvalue weighted by molar-refractivity contribution is 5.25. The molecule has 10 heavy (non-hydrogen) atoms. The molecule has 0 amide bonds. The lowest BCUT2D eigenvalue weighted by Crippen LogP contribution is -2.06. The Kier molecular flexibility index (Phi) is 1.07. The second-order valence-corrected chi connectivity index (χ2v) is 4.30. The largest absolute Gasteiger partial charge is 0.0848 e. The van der Waals surface area contributed by atoms with Crippen molar-refractivity contribution < 1.29 is 0 Å². The molecule has 56 valence electrons. The third kappa shape index (κ3) is 0.574. The molecule has 1 fully saturated rings. The smallest absolute Gasteiger partial charge is 0.00579 e. The SMILES string of the molecule is CC(C)[C@]12C=C[C@H](C)[C@@H]1C2. The van der Waals surface area contributed by atoms with Crippen molar-refractivity contribution in [3.8, 4) is 0 Å². The third-order valence-corrected chi connectivity index (χ3v) is 3.52. The maximum atomic E-state index is 2.47. The molecule has 0 heteroatoms. The molecule has 0 aromatic heterocycles. The first kappa shape index (κ1) is 6.45. The summed E-state index contributed by atoms with van der Waals surface area (Å²) >= 11 is 0. The van der Waals surface area contributed by atoms with Gasteiger partial charge in [-0.3, -0.25) is 0 Å². The first-order chi connectivity index (χ1) is 4.67. The van der Waals surface area contributed by atoms with E-state index >= 15 is 0 Å². The van der Waals surface area contributed by atoms with Crippen LogP contribution < -0.4 is 0 Å². The number of hydrogen-bond acceptors (Lipinski definition) is 0. The van der Waals surface area contributed by atoms with Gasteiger partial charge in [0.1, 0.15) is 0 Å². The summed E-state index contributed by atoms with van der Waals surface area (Å²) in [5.74, 6) is 2.73. The summed E-state index contributed by atoms with van der Waals surface area (Å²) in [6.07, 6.45) is 6.32. The van der Waals surface area contributed by atoms with Crippen LogP contribution in [0.25, 0.3) is 0 Å². The van der Waals surface area contributed by atoms with Gasteiger partial charge in [-0.25, -0.2) is 0 Å². The van der Waals surface area contributed by atoms with Crippen LogP contribution in [0.5, 0.6) is 0 Å². The molecule has 2 aliphatic rings. The summed E-state index contributed by atoms with van der Waals surface area (Å²) in [4.78, 5) is 0. The zero-order valence-electron chi connectivity index (χ0n) is 7.09. The van der Waals surface area contributed by atoms with Crippen LogP contribution >= 0.6 is 0 Å². The molecule has 1 saturated carbocycles. The molecule has 0 aliphatic heterocycles. The molecule has 0 spiro atoms. The highest BCUT2D eigenvalue weighted by Crippen LogP contribution is 2.65. The van der Waals surface area contributed by atoms with Gasteiger partial charge < -0.3 is 0 Å². The minimum Gasteiger partial charge on any atom is -0.0848 e. The first-order valence-corrected chi connectivity index (χ1v) is 4.36. The lowest BCUT2D eigenvalue weighted by Gasteiger charge is -2.13. The van der Waals surface area contributed by atoms with E-state index in [-0.39, 0.29) is 0 Å². The third-order valence-electron chi connectivity index (χ3n) is 3.52. The molecule has 0 bridgehead atoms. The standard InChI is InChI=1S/C10H16/c1-7(2)10-5-4-8(3)9(10)6-10/h4-5,7-9H,6H2,1-3H3/t8-,9-,10+/m0/s1. The van der Waals surface area contributed by atoms with E-state index in [1.807, 2.05) is 0 Å². The van der Waals surface area contributed by atoms with E-state index in [4.69, 9.17) is 0 Å². The van der Waals surface area contributed by atoms with Gasteiger partial charge in [-0.05, 0) is 29.6 Å². The maximum absolute atomic E-state index is 2.47. The van der Waals surface area contributed by atoms with E-state index in [2.05, 4.69) is 32.9 Å². The minimum atomic E-state index is 0.652. The molecule has 3 atom stereocenters. The van der Waals surface area contributed by atoms with Gasteiger partial charge in [-0.2, -0.15) is 0 Å². The van der Waals surface area contributed by atoms with Crippen LogP contribution in [0.4, 0.5) is 0 Å². The fraction of sp³-hybridized carbons (Fsp3) is 0.800. The molecule has 0 radical (unpaired) electrons. The van der Waals surface area contributed by atoms with Gasteiger partial charge in [-0.1, -0.05) is 32.9 Å². The van der Waals surface area contributed by atoms with Crippen LogP contribution in [0.2, 0.25) is 0 Å². The van der Waals surface area contributed by atoms with Gasteiger partial charge in [0.05, 0.1) is 0 Å². The van der Waals surface area contributed by atoms with Gasteiger partial charge in [0.2, 0.25) is 0 Å². The highest BCUT2D eigenvalue weighted by atomic mass is 14.6. The van der Waals surface area contributed by atoms with Gasteiger partial charge >= 0.3 is 0 Å². The summed E-state index contributed by atoms with van der Waals surface area (Å²) in [5, 5.41) is 0. The Morgan fingerprint density at radius 1 is 1.50 bits per heavy atom.